The van der Waals surface area contributed by atoms with Crippen molar-refractivity contribution < 1.29 is 14.5 Å². The van der Waals surface area contributed by atoms with Crippen LogP contribution in [0.2, 0.25) is 0 Å². The zero-order valence-electron chi connectivity index (χ0n) is 14.7. The molecule has 0 aliphatic rings. The maximum atomic E-state index is 12.8. The molecule has 0 N–H and O–H groups in total. The third-order valence-electron chi connectivity index (χ3n) is 3.83. The van der Waals surface area contributed by atoms with Gasteiger partial charge in [0.2, 0.25) is 0 Å². The molecule has 2 aromatic rings. The molecule has 0 heterocycles. The van der Waals surface area contributed by atoms with Gasteiger partial charge in [0.1, 0.15) is 5.75 Å². The van der Waals surface area contributed by atoms with E-state index in [0.717, 1.165) is 11.3 Å². The van der Waals surface area contributed by atoms with Gasteiger partial charge in [-0.05, 0) is 23.8 Å². The average Bonchev–Trinajstić information content (AvgIpc) is 2.60. The molecule has 132 valence electrons. The molecular weight excluding hydrogens is 322 g/mol. The Morgan fingerprint density at radius 3 is 2.28 bits per heavy atom. The molecule has 0 unspecified atom stereocenters. The maximum Gasteiger partial charge on any atom is 0.270 e. The number of rotatable bonds is 6. The fourth-order valence-corrected chi connectivity index (χ4v) is 2.48. The van der Waals surface area contributed by atoms with Crippen LogP contribution in [0.1, 0.15) is 15.9 Å². The van der Waals surface area contributed by atoms with E-state index in [1.54, 1.807) is 39.2 Å². The van der Waals surface area contributed by atoms with Crippen LogP contribution in [-0.4, -0.2) is 44.0 Å². The van der Waals surface area contributed by atoms with Crippen LogP contribution in [0.3, 0.4) is 0 Å². The van der Waals surface area contributed by atoms with Crippen LogP contribution in [0.15, 0.2) is 42.5 Å². The number of carbonyl (C=O) groups is 1. The van der Waals surface area contributed by atoms with Gasteiger partial charge in [-0.1, -0.05) is 12.1 Å². The highest BCUT2D eigenvalue weighted by atomic mass is 16.6. The number of nitro groups is 1. The SMILES string of the molecule is COc1ccc(CN(C)C(=O)c2cc([N+](=O)[O-])ccc2N(C)C)cc1. The van der Waals surface area contributed by atoms with Gasteiger partial charge in [0.05, 0.1) is 17.6 Å². The normalized spacial score (nSPS) is 10.2. The first-order chi connectivity index (χ1) is 11.8. The molecule has 0 saturated carbocycles. The number of non-ortho nitro benzene ring substituents is 1. The summed E-state index contributed by atoms with van der Waals surface area (Å²) >= 11 is 0. The van der Waals surface area contributed by atoms with Gasteiger partial charge >= 0.3 is 0 Å². The number of hydrogen-bond donors (Lipinski definition) is 0. The van der Waals surface area contributed by atoms with Crippen molar-refractivity contribution in [3.63, 3.8) is 0 Å². The number of anilines is 1. The topological polar surface area (TPSA) is 75.9 Å². The zero-order valence-corrected chi connectivity index (χ0v) is 14.7. The standard InChI is InChI=1S/C18H21N3O4/c1-19(2)17-10-7-14(21(23)24)11-16(17)18(22)20(3)12-13-5-8-15(25-4)9-6-13/h5-11H,12H2,1-4H3. The van der Waals surface area contributed by atoms with Crippen LogP contribution in [0.5, 0.6) is 5.75 Å². The molecule has 0 aliphatic carbocycles. The van der Waals surface area contributed by atoms with Gasteiger partial charge in [-0.25, -0.2) is 0 Å². The third kappa shape index (κ3) is 4.26. The van der Waals surface area contributed by atoms with Crippen molar-refractivity contribution in [1.82, 2.24) is 4.90 Å². The summed E-state index contributed by atoms with van der Waals surface area (Å²) in [5.41, 5.74) is 1.77. The first-order valence-electron chi connectivity index (χ1n) is 7.67. The van der Waals surface area contributed by atoms with E-state index in [4.69, 9.17) is 4.74 Å². The number of amides is 1. The van der Waals surface area contributed by atoms with E-state index in [9.17, 15) is 14.9 Å². The monoisotopic (exact) mass is 343 g/mol. The summed E-state index contributed by atoms with van der Waals surface area (Å²) in [4.78, 5) is 26.7. The van der Waals surface area contributed by atoms with Gasteiger partial charge in [-0.3, -0.25) is 14.9 Å². The number of nitro benzene ring substituents is 1. The molecule has 0 radical (unpaired) electrons. The van der Waals surface area contributed by atoms with E-state index in [0.29, 0.717) is 17.8 Å². The van der Waals surface area contributed by atoms with Gasteiger partial charge in [-0.15, -0.1) is 0 Å². The van der Waals surface area contributed by atoms with Crippen LogP contribution in [-0.2, 0) is 6.54 Å². The molecule has 7 nitrogen and oxygen atoms in total. The van der Waals surface area contributed by atoms with Crippen molar-refractivity contribution in [2.75, 3.05) is 33.2 Å². The first kappa shape index (κ1) is 18.3. The molecule has 0 atom stereocenters. The smallest absolute Gasteiger partial charge is 0.270 e. The quantitative estimate of drug-likeness (QED) is 0.595. The molecule has 2 aromatic carbocycles. The predicted octanol–water partition coefficient (Wildman–Crippen LogP) is 2.94. The van der Waals surface area contributed by atoms with E-state index < -0.39 is 4.92 Å². The molecule has 0 spiro atoms. The Bertz CT molecular complexity index is 772. The van der Waals surface area contributed by atoms with Crippen LogP contribution in [0, 0.1) is 10.1 Å². The van der Waals surface area contributed by atoms with E-state index in [1.807, 2.05) is 24.3 Å². The lowest BCUT2D eigenvalue weighted by atomic mass is 10.1. The highest BCUT2D eigenvalue weighted by Crippen LogP contribution is 2.26. The number of nitrogens with zero attached hydrogens (tertiary/aromatic N) is 3. The molecule has 0 aromatic heterocycles. The fourth-order valence-electron chi connectivity index (χ4n) is 2.48. The minimum atomic E-state index is -0.500. The van der Waals surface area contributed by atoms with Crippen molar-refractivity contribution in [2.45, 2.75) is 6.54 Å². The van der Waals surface area contributed by atoms with E-state index >= 15 is 0 Å². The minimum Gasteiger partial charge on any atom is -0.497 e. The summed E-state index contributed by atoms with van der Waals surface area (Å²) in [6, 6.07) is 11.7. The van der Waals surface area contributed by atoms with Crippen LogP contribution < -0.4 is 9.64 Å². The third-order valence-corrected chi connectivity index (χ3v) is 3.83. The van der Waals surface area contributed by atoms with Gasteiger partial charge in [0.15, 0.2) is 0 Å². The Morgan fingerprint density at radius 1 is 1.12 bits per heavy atom. The summed E-state index contributed by atoms with van der Waals surface area (Å²) in [5, 5.41) is 11.0. The Kier molecular flexibility index (Phi) is 5.59. The molecular formula is C18H21N3O4. The second-order valence-corrected chi connectivity index (χ2v) is 5.86. The maximum absolute atomic E-state index is 12.8. The molecule has 0 aliphatic heterocycles. The number of hydrogen-bond acceptors (Lipinski definition) is 5. The van der Waals surface area contributed by atoms with Crippen LogP contribution in [0.4, 0.5) is 11.4 Å². The van der Waals surface area contributed by atoms with Crippen LogP contribution >= 0.6 is 0 Å². The summed E-state index contributed by atoms with van der Waals surface area (Å²) in [6.07, 6.45) is 0. The Hall–Kier alpha value is -3.09. The Morgan fingerprint density at radius 2 is 1.76 bits per heavy atom. The molecule has 1 amide bonds. The molecule has 0 fully saturated rings. The highest BCUT2D eigenvalue weighted by molar-refractivity contribution is 6.00. The number of benzene rings is 2. The van der Waals surface area contributed by atoms with Gasteiger partial charge in [-0.2, -0.15) is 0 Å². The Balaban J connectivity index is 2.27. The van der Waals surface area contributed by atoms with Crippen molar-refractivity contribution in [1.29, 1.82) is 0 Å². The number of methoxy groups -OCH3 is 1. The summed E-state index contributed by atoms with van der Waals surface area (Å²) in [5.74, 6) is 0.467. The second kappa shape index (κ2) is 7.65. The van der Waals surface area contributed by atoms with Crippen molar-refractivity contribution in [3.8, 4) is 5.75 Å². The van der Waals surface area contributed by atoms with E-state index in [-0.39, 0.29) is 11.6 Å². The molecule has 25 heavy (non-hydrogen) atoms. The zero-order chi connectivity index (χ0) is 18.6. The lowest BCUT2D eigenvalue weighted by Crippen LogP contribution is -2.28. The van der Waals surface area contributed by atoms with E-state index in [1.165, 1.54) is 17.0 Å². The fraction of sp³-hybridized carbons (Fsp3) is 0.278. The van der Waals surface area contributed by atoms with Crippen LogP contribution in [0.25, 0.3) is 0 Å². The molecule has 0 bridgehead atoms. The lowest BCUT2D eigenvalue weighted by Gasteiger charge is -2.22. The number of carbonyl (C=O) groups excluding carboxylic acids is 1. The Labute approximate surface area is 146 Å². The van der Waals surface area contributed by atoms with Gasteiger partial charge in [0.25, 0.3) is 11.6 Å². The van der Waals surface area contributed by atoms with E-state index in [2.05, 4.69) is 0 Å². The van der Waals surface area contributed by atoms with Crippen molar-refractivity contribution >= 4 is 17.3 Å². The number of ether oxygens (including phenoxy) is 1. The first-order valence-corrected chi connectivity index (χ1v) is 7.67. The minimum absolute atomic E-state index is 0.105. The summed E-state index contributed by atoms with van der Waals surface area (Å²) in [6.45, 7) is 0.387. The lowest BCUT2D eigenvalue weighted by molar-refractivity contribution is -0.384. The van der Waals surface area contributed by atoms with Crippen molar-refractivity contribution in [2.24, 2.45) is 0 Å². The van der Waals surface area contributed by atoms with Gasteiger partial charge < -0.3 is 14.5 Å². The average molecular weight is 343 g/mol. The molecule has 7 heteroatoms. The summed E-state index contributed by atoms with van der Waals surface area (Å²) < 4.78 is 5.12. The highest BCUT2D eigenvalue weighted by Gasteiger charge is 2.21. The second-order valence-electron chi connectivity index (χ2n) is 5.86. The predicted molar refractivity (Wildman–Crippen MR) is 96.2 cm³/mol. The van der Waals surface area contributed by atoms with Gasteiger partial charge in [0, 0.05) is 45.5 Å². The summed E-state index contributed by atoms with van der Waals surface area (Å²) in [7, 11) is 6.85. The van der Waals surface area contributed by atoms with Crippen molar-refractivity contribution in [3.05, 3.63) is 63.7 Å². The molecule has 2 rings (SSSR count). The molecule has 0 saturated heterocycles. The largest absolute Gasteiger partial charge is 0.497 e.